The normalized spacial score (nSPS) is 16.3. The number of nitrogens with zero attached hydrogens (tertiary/aromatic N) is 7. The van der Waals surface area contributed by atoms with Crippen molar-refractivity contribution in [3.8, 4) is 6.07 Å². The summed E-state index contributed by atoms with van der Waals surface area (Å²) >= 11 is 0. The first-order valence-electron chi connectivity index (χ1n) is 12.8. The third-order valence-electron chi connectivity index (χ3n) is 6.58. The highest BCUT2D eigenvalue weighted by Gasteiger charge is 2.21. The summed E-state index contributed by atoms with van der Waals surface area (Å²) in [4.78, 5) is 18.1. The van der Waals surface area contributed by atoms with Gasteiger partial charge in [0.25, 0.3) is 0 Å². The zero-order valence-corrected chi connectivity index (χ0v) is 23.3. The third kappa shape index (κ3) is 7.07. The lowest BCUT2D eigenvalue weighted by molar-refractivity contribution is 0.0340. The fraction of sp³-hybridized carbons (Fsp3) is 0.407. The summed E-state index contributed by atoms with van der Waals surface area (Å²) in [7, 11) is -0.219. The summed E-state index contributed by atoms with van der Waals surface area (Å²) in [6.45, 7) is 6.18. The Morgan fingerprint density at radius 3 is 2.74 bits per heavy atom. The molecule has 12 heteroatoms. The first-order chi connectivity index (χ1) is 18.8. The highest BCUT2D eigenvalue weighted by atomic mass is 32.2. The Labute approximate surface area is 229 Å². The fourth-order valence-corrected chi connectivity index (χ4v) is 5.34. The van der Waals surface area contributed by atoms with Gasteiger partial charge in [-0.1, -0.05) is 6.07 Å². The van der Waals surface area contributed by atoms with E-state index >= 15 is 0 Å². The van der Waals surface area contributed by atoms with E-state index in [0.717, 1.165) is 58.0 Å². The summed E-state index contributed by atoms with van der Waals surface area (Å²) in [6.07, 6.45) is 5.61. The van der Waals surface area contributed by atoms with Crippen LogP contribution in [0.25, 0.3) is 0 Å². The molecule has 2 aliphatic heterocycles. The van der Waals surface area contributed by atoms with Crippen molar-refractivity contribution in [2.45, 2.75) is 19.5 Å². The van der Waals surface area contributed by atoms with E-state index < -0.39 is 9.73 Å². The number of fused-ring (bicyclic) bond motifs is 1. The van der Waals surface area contributed by atoms with Gasteiger partial charge in [0.1, 0.15) is 17.5 Å². The summed E-state index contributed by atoms with van der Waals surface area (Å²) in [6, 6.07) is 11.7. The van der Waals surface area contributed by atoms with Crippen molar-refractivity contribution in [3.05, 3.63) is 58.8 Å². The predicted octanol–water partition coefficient (Wildman–Crippen LogP) is 3.41. The predicted molar refractivity (Wildman–Crippen MR) is 152 cm³/mol. The molecule has 0 aliphatic carbocycles. The van der Waals surface area contributed by atoms with Crippen molar-refractivity contribution in [2.24, 2.45) is 4.36 Å². The van der Waals surface area contributed by atoms with E-state index in [9.17, 15) is 9.47 Å². The van der Waals surface area contributed by atoms with Gasteiger partial charge in [-0.3, -0.25) is 4.90 Å². The number of morpholine rings is 1. The molecular formula is C27H33N9O2S. The second kappa shape index (κ2) is 11.6. The minimum absolute atomic E-state index is 0.277. The van der Waals surface area contributed by atoms with Gasteiger partial charge in [-0.15, -0.1) is 0 Å². The third-order valence-corrected chi connectivity index (χ3v) is 7.20. The molecule has 0 radical (unpaired) electrons. The molecule has 0 saturated carbocycles. The summed E-state index contributed by atoms with van der Waals surface area (Å²) in [5.41, 5.74) is 5.22. The lowest BCUT2D eigenvalue weighted by atomic mass is 9.93. The molecule has 0 amide bonds. The number of nitrogens with one attached hydrogen (secondary N) is 2. The van der Waals surface area contributed by atoms with E-state index in [0.29, 0.717) is 23.4 Å². The Hall–Kier alpha value is -3.63. The minimum atomic E-state index is -2.36. The molecule has 5 rings (SSSR count). The number of pyridine rings is 1. The van der Waals surface area contributed by atoms with Gasteiger partial charge in [-0.05, 0) is 54.4 Å². The van der Waals surface area contributed by atoms with Crippen molar-refractivity contribution in [1.82, 2.24) is 24.8 Å². The van der Waals surface area contributed by atoms with Crippen LogP contribution < -0.4 is 10.6 Å². The van der Waals surface area contributed by atoms with E-state index in [4.69, 9.17) is 4.74 Å². The Balaban J connectivity index is 1.42. The van der Waals surface area contributed by atoms with Gasteiger partial charge in [-0.25, -0.2) is 14.2 Å². The van der Waals surface area contributed by atoms with E-state index in [-0.39, 0.29) is 5.56 Å². The number of benzene rings is 1. The zero-order chi connectivity index (χ0) is 27.4. The lowest BCUT2D eigenvalue weighted by Crippen LogP contribution is -2.36. The molecule has 11 nitrogen and oxygen atoms in total. The van der Waals surface area contributed by atoms with Gasteiger partial charge in [0.05, 0.1) is 19.4 Å². The van der Waals surface area contributed by atoms with Crippen LogP contribution in [0, 0.1) is 11.3 Å². The second-order valence-corrected chi connectivity index (χ2v) is 12.7. The lowest BCUT2D eigenvalue weighted by Gasteiger charge is -2.31. The molecule has 0 atom stereocenters. The number of likely N-dealkylation sites (N-methyl/N-ethyl adjacent to an activating group) is 1. The minimum Gasteiger partial charge on any atom is -0.379 e. The molecule has 4 heterocycles. The standard InChI is InChI=1S/C27H33N9O2S/c1-35-8-7-23-19(17-35)13-22(14-20(23)18-36-9-11-38-12-10-36)30-27-29-16-21(15-28)26(33-27)32-24-5-4-6-25(31-24)34-39(2,3)37/h4-6,13-14,16H,7-12,17-18H2,1-3H3,(H2,29,30,31,32,33). The van der Waals surface area contributed by atoms with Gasteiger partial charge in [0.2, 0.25) is 5.95 Å². The topological polar surface area (TPSA) is 132 Å². The number of hydrogen-bond acceptors (Lipinski definition) is 11. The Bertz CT molecular complexity index is 1510. The molecule has 3 aromatic rings. The summed E-state index contributed by atoms with van der Waals surface area (Å²) in [5, 5.41) is 16.1. The van der Waals surface area contributed by atoms with Crippen LogP contribution in [0.2, 0.25) is 0 Å². The van der Waals surface area contributed by atoms with Crippen LogP contribution in [0.15, 0.2) is 40.9 Å². The van der Waals surface area contributed by atoms with Gasteiger partial charge in [-0.2, -0.15) is 14.6 Å². The number of anilines is 4. The van der Waals surface area contributed by atoms with E-state index in [1.807, 2.05) is 0 Å². The molecular weight excluding hydrogens is 514 g/mol. The number of ether oxygens (including phenoxy) is 1. The molecule has 1 fully saturated rings. The number of hydrogen-bond donors (Lipinski definition) is 2. The monoisotopic (exact) mass is 547 g/mol. The molecule has 204 valence electrons. The second-order valence-electron chi connectivity index (χ2n) is 10.1. The van der Waals surface area contributed by atoms with E-state index in [2.05, 4.69) is 65.0 Å². The maximum Gasteiger partial charge on any atom is 0.229 e. The van der Waals surface area contributed by atoms with Gasteiger partial charge in [0, 0.05) is 60.7 Å². The van der Waals surface area contributed by atoms with Crippen LogP contribution in [0.1, 0.15) is 22.3 Å². The van der Waals surface area contributed by atoms with Gasteiger partial charge in [0.15, 0.2) is 11.6 Å². The number of nitriles is 1. The average Bonchev–Trinajstić information content (AvgIpc) is 2.88. The van der Waals surface area contributed by atoms with Crippen molar-refractivity contribution < 1.29 is 8.95 Å². The number of rotatable bonds is 7. The first-order valence-corrected chi connectivity index (χ1v) is 15.2. The van der Waals surface area contributed by atoms with Gasteiger partial charge < -0.3 is 20.3 Å². The van der Waals surface area contributed by atoms with Crippen LogP contribution in [-0.4, -0.2) is 81.4 Å². The molecule has 39 heavy (non-hydrogen) atoms. The Kier molecular flexibility index (Phi) is 8.04. The maximum absolute atomic E-state index is 12.1. The molecule has 2 aliphatic rings. The zero-order valence-electron chi connectivity index (χ0n) is 22.5. The van der Waals surface area contributed by atoms with Crippen molar-refractivity contribution >= 4 is 38.8 Å². The quantitative estimate of drug-likeness (QED) is 0.454. The largest absolute Gasteiger partial charge is 0.379 e. The van der Waals surface area contributed by atoms with Crippen LogP contribution in [-0.2, 0) is 34.0 Å². The van der Waals surface area contributed by atoms with Crippen LogP contribution in [0.5, 0.6) is 0 Å². The SMILES string of the molecule is CN1CCc2c(cc(Nc3ncc(C#N)c(Nc4cccc(N=S(C)(C)=O)n4)n3)cc2CN2CCOCC2)C1. The van der Waals surface area contributed by atoms with E-state index in [1.165, 1.54) is 22.9 Å². The van der Waals surface area contributed by atoms with Crippen molar-refractivity contribution in [1.29, 1.82) is 5.26 Å². The van der Waals surface area contributed by atoms with Crippen LogP contribution in [0.4, 0.5) is 29.1 Å². The molecule has 0 spiro atoms. The highest BCUT2D eigenvalue weighted by molar-refractivity contribution is 7.92. The van der Waals surface area contributed by atoms with Crippen LogP contribution >= 0.6 is 0 Å². The first kappa shape index (κ1) is 27.0. The van der Waals surface area contributed by atoms with Gasteiger partial charge >= 0.3 is 0 Å². The molecule has 1 saturated heterocycles. The average molecular weight is 548 g/mol. The summed E-state index contributed by atoms with van der Waals surface area (Å²) < 4.78 is 21.8. The fourth-order valence-electron chi connectivity index (χ4n) is 4.78. The number of aromatic nitrogens is 3. The van der Waals surface area contributed by atoms with E-state index in [1.54, 1.807) is 30.7 Å². The molecule has 1 aromatic carbocycles. The Morgan fingerprint density at radius 2 is 1.97 bits per heavy atom. The molecule has 2 N–H and O–H groups in total. The smallest absolute Gasteiger partial charge is 0.229 e. The molecule has 2 aromatic heterocycles. The highest BCUT2D eigenvalue weighted by Crippen LogP contribution is 2.29. The van der Waals surface area contributed by atoms with Crippen LogP contribution in [0.3, 0.4) is 0 Å². The van der Waals surface area contributed by atoms with Crippen molar-refractivity contribution in [2.75, 3.05) is 63.0 Å². The summed E-state index contributed by atoms with van der Waals surface area (Å²) in [5.74, 6) is 1.46. The maximum atomic E-state index is 12.1. The molecule has 0 unspecified atom stereocenters. The van der Waals surface area contributed by atoms with Crippen molar-refractivity contribution in [3.63, 3.8) is 0 Å². The Morgan fingerprint density at radius 1 is 1.15 bits per heavy atom. The molecule has 0 bridgehead atoms.